The minimum Gasteiger partial charge on any atom is -0.373 e. The first-order chi connectivity index (χ1) is 13.1. The lowest BCUT2D eigenvalue weighted by Crippen LogP contribution is -2.29. The van der Waals surface area contributed by atoms with E-state index in [0.29, 0.717) is 17.4 Å². The molecule has 5 rings (SSSR count). The summed E-state index contributed by atoms with van der Waals surface area (Å²) in [6.07, 6.45) is 1.55. The van der Waals surface area contributed by atoms with Crippen LogP contribution in [0.1, 0.15) is 36.9 Å². The van der Waals surface area contributed by atoms with Crippen molar-refractivity contribution < 1.29 is 4.79 Å². The van der Waals surface area contributed by atoms with E-state index in [9.17, 15) is 4.79 Å². The Morgan fingerprint density at radius 1 is 0.963 bits per heavy atom. The first-order valence-electron chi connectivity index (χ1n) is 9.42. The van der Waals surface area contributed by atoms with E-state index in [2.05, 4.69) is 48.6 Å². The van der Waals surface area contributed by atoms with E-state index >= 15 is 0 Å². The fourth-order valence-corrected chi connectivity index (χ4v) is 4.67. The molecule has 0 spiro atoms. The van der Waals surface area contributed by atoms with Gasteiger partial charge in [-0.3, -0.25) is 4.79 Å². The number of rotatable bonds is 1. The van der Waals surface area contributed by atoms with Crippen molar-refractivity contribution in [2.24, 2.45) is 5.92 Å². The second kappa shape index (κ2) is 6.24. The van der Waals surface area contributed by atoms with E-state index in [1.54, 1.807) is 0 Å². The maximum absolute atomic E-state index is 13.1. The summed E-state index contributed by atoms with van der Waals surface area (Å²) >= 11 is 6.08. The highest BCUT2D eigenvalue weighted by Crippen LogP contribution is 2.49. The molecular weight excluding hydrogens is 354 g/mol. The molecule has 1 aliphatic carbocycles. The summed E-state index contributed by atoms with van der Waals surface area (Å²) in [5, 5.41) is 6.78. The Labute approximate surface area is 163 Å². The molecule has 1 N–H and O–H groups in total. The molecule has 0 aromatic heterocycles. The first kappa shape index (κ1) is 16.6. The number of ketones is 1. The van der Waals surface area contributed by atoms with Gasteiger partial charge < -0.3 is 5.32 Å². The van der Waals surface area contributed by atoms with Gasteiger partial charge in [0.25, 0.3) is 0 Å². The molecule has 1 aliphatic heterocycles. The van der Waals surface area contributed by atoms with Crippen molar-refractivity contribution in [3.05, 3.63) is 82.4 Å². The normalized spacial score (nSPS) is 21.6. The van der Waals surface area contributed by atoms with Crippen molar-refractivity contribution in [1.29, 1.82) is 0 Å². The molecule has 3 heteroatoms. The highest BCUT2D eigenvalue weighted by molar-refractivity contribution is 6.30. The molecule has 3 aromatic rings. The Balaban J connectivity index is 1.78. The van der Waals surface area contributed by atoms with Crippen LogP contribution in [0.4, 0.5) is 5.69 Å². The van der Waals surface area contributed by atoms with Crippen LogP contribution < -0.4 is 5.32 Å². The Bertz CT molecular complexity index is 1100. The van der Waals surface area contributed by atoms with Crippen LogP contribution in [0, 0.1) is 5.92 Å². The number of hydrogen-bond donors (Lipinski definition) is 1. The van der Waals surface area contributed by atoms with Crippen LogP contribution >= 0.6 is 11.6 Å². The van der Waals surface area contributed by atoms with E-state index in [4.69, 9.17) is 11.6 Å². The van der Waals surface area contributed by atoms with E-state index in [1.165, 1.54) is 21.9 Å². The minimum absolute atomic E-state index is 0.120. The number of carbonyl (C=O) groups is 1. The molecule has 134 valence electrons. The largest absolute Gasteiger partial charge is 0.373 e. The quantitative estimate of drug-likeness (QED) is 0.533. The van der Waals surface area contributed by atoms with Gasteiger partial charge in [-0.2, -0.15) is 0 Å². The molecule has 0 unspecified atom stereocenters. The van der Waals surface area contributed by atoms with Gasteiger partial charge in [0, 0.05) is 28.3 Å². The van der Waals surface area contributed by atoms with Crippen LogP contribution in [0.25, 0.3) is 16.3 Å². The van der Waals surface area contributed by atoms with E-state index in [-0.39, 0.29) is 11.8 Å². The van der Waals surface area contributed by atoms with Gasteiger partial charge in [0.2, 0.25) is 0 Å². The van der Waals surface area contributed by atoms with Crippen LogP contribution in [0.2, 0.25) is 5.02 Å². The number of benzene rings is 3. The second-order valence-corrected chi connectivity index (χ2v) is 8.10. The molecule has 0 saturated carbocycles. The van der Waals surface area contributed by atoms with Gasteiger partial charge in [-0.15, -0.1) is 0 Å². The molecule has 0 amide bonds. The Morgan fingerprint density at radius 2 is 1.74 bits per heavy atom. The van der Waals surface area contributed by atoms with Gasteiger partial charge in [-0.1, -0.05) is 61.0 Å². The Hall–Kier alpha value is -2.58. The zero-order valence-corrected chi connectivity index (χ0v) is 15.9. The van der Waals surface area contributed by atoms with Crippen LogP contribution in [0.3, 0.4) is 0 Å². The van der Waals surface area contributed by atoms with Crippen molar-refractivity contribution in [3.63, 3.8) is 0 Å². The molecule has 1 heterocycles. The number of nitrogens with one attached hydrogen (secondary N) is 1. The van der Waals surface area contributed by atoms with Crippen LogP contribution in [0.15, 0.2) is 66.2 Å². The number of fused-ring (bicyclic) bond motifs is 4. The Morgan fingerprint density at radius 3 is 2.56 bits per heavy atom. The SMILES string of the molecule is C[C@@H]1CC(=O)C2=C(C1)c1c(ccc3ccccc13)N[C@@H]2c1ccc(Cl)cc1. The van der Waals surface area contributed by atoms with Crippen molar-refractivity contribution in [1.82, 2.24) is 0 Å². The van der Waals surface area contributed by atoms with E-state index in [1.807, 2.05) is 24.3 Å². The molecule has 0 radical (unpaired) electrons. The molecular formula is C24H20ClNO. The molecule has 2 aliphatic rings. The number of carbonyl (C=O) groups excluding carboxylic acids is 1. The van der Waals surface area contributed by atoms with Gasteiger partial charge >= 0.3 is 0 Å². The van der Waals surface area contributed by atoms with Crippen molar-refractivity contribution in [2.45, 2.75) is 25.8 Å². The third-order valence-electron chi connectivity index (χ3n) is 5.73. The van der Waals surface area contributed by atoms with Crippen LogP contribution in [0.5, 0.6) is 0 Å². The summed E-state index contributed by atoms with van der Waals surface area (Å²) < 4.78 is 0. The monoisotopic (exact) mass is 373 g/mol. The smallest absolute Gasteiger partial charge is 0.161 e. The Kier molecular flexibility index (Phi) is 3.84. The second-order valence-electron chi connectivity index (χ2n) is 7.67. The fraction of sp³-hybridized carbons (Fsp3) is 0.208. The molecule has 2 atom stereocenters. The number of Topliss-reactive ketones (excluding diaryl/α,β-unsaturated/α-hetero) is 1. The van der Waals surface area contributed by atoms with Gasteiger partial charge in [-0.25, -0.2) is 0 Å². The predicted molar refractivity (Wildman–Crippen MR) is 112 cm³/mol. The predicted octanol–water partition coefficient (Wildman–Crippen LogP) is 6.41. The maximum atomic E-state index is 13.1. The number of halogens is 1. The fourth-order valence-electron chi connectivity index (χ4n) is 4.55. The molecule has 27 heavy (non-hydrogen) atoms. The summed E-state index contributed by atoms with van der Waals surface area (Å²) in [4.78, 5) is 13.1. The van der Waals surface area contributed by atoms with Crippen molar-refractivity contribution >= 4 is 39.4 Å². The minimum atomic E-state index is -0.120. The molecule has 0 saturated heterocycles. The average Bonchev–Trinajstić information content (AvgIpc) is 2.67. The third-order valence-corrected chi connectivity index (χ3v) is 5.99. The molecule has 3 aromatic carbocycles. The van der Waals surface area contributed by atoms with Crippen LogP contribution in [-0.2, 0) is 4.79 Å². The van der Waals surface area contributed by atoms with Gasteiger partial charge in [0.15, 0.2) is 5.78 Å². The lowest BCUT2D eigenvalue weighted by atomic mass is 9.74. The van der Waals surface area contributed by atoms with Gasteiger partial charge in [-0.05, 0) is 52.4 Å². The zero-order valence-electron chi connectivity index (χ0n) is 15.1. The van der Waals surface area contributed by atoms with Crippen molar-refractivity contribution in [2.75, 3.05) is 5.32 Å². The zero-order chi connectivity index (χ0) is 18.5. The third kappa shape index (κ3) is 2.67. The molecule has 0 fully saturated rings. The van der Waals surface area contributed by atoms with Gasteiger partial charge in [0.1, 0.15) is 0 Å². The first-order valence-corrected chi connectivity index (χ1v) is 9.80. The summed E-state index contributed by atoms with van der Waals surface area (Å²) in [5.74, 6) is 0.627. The molecule has 0 bridgehead atoms. The summed E-state index contributed by atoms with van der Waals surface area (Å²) in [7, 11) is 0. The lowest BCUT2D eigenvalue weighted by molar-refractivity contribution is -0.116. The van der Waals surface area contributed by atoms with Crippen molar-refractivity contribution in [3.8, 4) is 0 Å². The van der Waals surface area contributed by atoms with Crippen LogP contribution in [-0.4, -0.2) is 5.78 Å². The van der Waals surface area contributed by atoms with Gasteiger partial charge in [0.05, 0.1) is 6.04 Å². The van der Waals surface area contributed by atoms with E-state index in [0.717, 1.165) is 23.2 Å². The maximum Gasteiger partial charge on any atom is 0.161 e. The summed E-state index contributed by atoms with van der Waals surface area (Å²) in [6, 6.07) is 20.4. The highest BCUT2D eigenvalue weighted by atomic mass is 35.5. The number of anilines is 1. The van der Waals surface area contributed by atoms with E-state index < -0.39 is 0 Å². The number of hydrogen-bond acceptors (Lipinski definition) is 2. The standard InChI is InChI=1S/C24H20ClNO/c1-14-12-19-22-18-5-3-2-4-15(18)8-11-20(22)26-24(23(19)21(27)13-14)16-6-9-17(25)10-7-16/h2-11,14,24,26H,12-13H2,1H3/t14-,24+/m0/s1. The lowest BCUT2D eigenvalue weighted by Gasteiger charge is -2.36. The molecule has 2 nitrogen and oxygen atoms in total. The number of allylic oxidation sites excluding steroid dienone is 1. The summed E-state index contributed by atoms with van der Waals surface area (Å²) in [6.45, 7) is 2.17. The highest BCUT2D eigenvalue weighted by Gasteiger charge is 2.36. The topological polar surface area (TPSA) is 29.1 Å². The average molecular weight is 374 g/mol. The summed E-state index contributed by atoms with van der Waals surface area (Å²) in [5.41, 5.74) is 5.53.